The summed E-state index contributed by atoms with van der Waals surface area (Å²) >= 11 is 5.95. The molecule has 5 heteroatoms. The second-order valence-electron chi connectivity index (χ2n) is 4.30. The van der Waals surface area contributed by atoms with Gasteiger partial charge >= 0.3 is 0 Å². The molecule has 0 fully saturated rings. The number of halogens is 4. The number of hydrogen-bond acceptors (Lipinski definition) is 1. The lowest BCUT2D eigenvalue weighted by atomic mass is 9.97. The second-order valence-corrected chi connectivity index (χ2v) is 4.68. The van der Waals surface area contributed by atoms with Crippen molar-refractivity contribution in [2.24, 2.45) is 0 Å². The molecule has 20 heavy (non-hydrogen) atoms. The maximum absolute atomic E-state index is 13.9. The van der Waals surface area contributed by atoms with Crippen molar-refractivity contribution in [2.45, 2.75) is 13.0 Å². The first-order valence-corrected chi connectivity index (χ1v) is 6.54. The quantitative estimate of drug-likeness (QED) is 0.879. The Hall–Kier alpha value is -1.52. The van der Waals surface area contributed by atoms with Crippen molar-refractivity contribution < 1.29 is 13.2 Å². The minimum absolute atomic E-state index is 0.0674. The van der Waals surface area contributed by atoms with E-state index in [9.17, 15) is 13.2 Å². The third-order valence-corrected chi connectivity index (χ3v) is 3.37. The van der Waals surface area contributed by atoms with Crippen molar-refractivity contribution in [1.29, 1.82) is 0 Å². The molecule has 0 aliphatic carbocycles. The molecule has 0 saturated carbocycles. The van der Waals surface area contributed by atoms with Crippen LogP contribution in [0, 0.1) is 17.5 Å². The fraction of sp³-hybridized carbons (Fsp3) is 0.200. The van der Waals surface area contributed by atoms with Crippen molar-refractivity contribution in [3.8, 4) is 0 Å². The molecule has 2 aromatic rings. The zero-order valence-electron chi connectivity index (χ0n) is 10.8. The molecule has 0 saturated heterocycles. The maximum Gasteiger partial charge on any atom is 0.142 e. The van der Waals surface area contributed by atoms with E-state index in [1.54, 1.807) is 6.07 Å². The van der Waals surface area contributed by atoms with Gasteiger partial charge in [-0.1, -0.05) is 36.7 Å². The summed E-state index contributed by atoms with van der Waals surface area (Å²) in [4.78, 5) is 0. The molecule has 0 bridgehead atoms. The summed E-state index contributed by atoms with van der Waals surface area (Å²) < 4.78 is 40.5. The first kappa shape index (κ1) is 14.9. The molecule has 0 heterocycles. The monoisotopic (exact) mass is 299 g/mol. The first-order chi connectivity index (χ1) is 9.54. The third-order valence-electron chi connectivity index (χ3n) is 2.97. The smallest absolute Gasteiger partial charge is 0.142 e. The van der Waals surface area contributed by atoms with Gasteiger partial charge in [-0.05, 0) is 24.2 Å². The Bertz CT molecular complexity index is 616. The van der Waals surface area contributed by atoms with E-state index in [4.69, 9.17) is 11.6 Å². The van der Waals surface area contributed by atoms with Crippen LogP contribution in [0.15, 0.2) is 36.4 Å². The van der Waals surface area contributed by atoms with E-state index in [0.29, 0.717) is 12.1 Å². The standard InChI is InChI=1S/C15H13ClF3N/c1-2-20-15(10-7-6-9(17)8-13(10)19)11-4-3-5-12(18)14(11)16/h3-8,15,20H,2H2,1H3. The molecule has 1 N–H and O–H groups in total. The summed E-state index contributed by atoms with van der Waals surface area (Å²) in [6, 6.07) is 7.01. The minimum atomic E-state index is -0.698. The van der Waals surface area contributed by atoms with E-state index >= 15 is 0 Å². The van der Waals surface area contributed by atoms with Crippen LogP contribution in [-0.2, 0) is 0 Å². The predicted octanol–water partition coefficient (Wildman–Crippen LogP) is 4.46. The summed E-state index contributed by atoms with van der Waals surface area (Å²) in [6.07, 6.45) is 0. The van der Waals surface area contributed by atoms with Gasteiger partial charge in [-0.2, -0.15) is 0 Å². The van der Waals surface area contributed by atoms with E-state index in [2.05, 4.69) is 5.32 Å². The van der Waals surface area contributed by atoms with Crippen molar-refractivity contribution in [3.63, 3.8) is 0 Å². The van der Waals surface area contributed by atoms with Crippen LogP contribution in [0.2, 0.25) is 5.02 Å². The highest BCUT2D eigenvalue weighted by Crippen LogP contribution is 2.31. The summed E-state index contributed by atoms with van der Waals surface area (Å²) in [5.74, 6) is -1.93. The van der Waals surface area contributed by atoms with Crippen LogP contribution in [0.4, 0.5) is 13.2 Å². The largest absolute Gasteiger partial charge is 0.306 e. The SMILES string of the molecule is CCNC(c1ccc(F)cc1F)c1cccc(F)c1Cl. The molecule has 2 aromatic carbocycles. The summed E-state index contributed by atoms with van der Waals surface area (Å²) in [7, 11) is 0. The fourth-order valence-corrected chi connectivity index (χ4v) is 2.31. The molecule has 1 unspecified atom stereocenters. The van der Waals surface area contributed by atoms with Crippen molar-refractivity contribution >= 4 is 11.6 Å². The van der Waals surface area contributed by atoms with Gasteiger partial charge in [-0.25, -0.2) is 13.2 Å². The van der Waals surface area contributed by atoms with Gasteiger partial charge in [0.1, 0.15) is 17.5 Å². The Balaban J connectivity index is 2.53. The lowest BCUT2D eigenvalue weighted by Gasteiger charge is -2.21. The molecule has 0 aliphatic rings. The second kappa shape index (κ2) is 6.29. The minimum Gasteiger partial charge on any atom is -0.306 e. The highest BCUT2D eigenvalue weighted by Gasteiger charge is 2.21. The molecule has 0 aromatic heterocycles. The molecule has 0 aliphatic heterocycles. The molecule has 0 radical (unpaired) electrons. The van der Waals surface area contributed by atoms with Crippen LogP contribution < -0.4 is 5.32 Å². The average molecular weight is 300 g/mol. The molecule has 1 atom stereocenters. The van der Waals surface area contributed by atoms with Gasteiger partial charge in [0.05, 0.1) is 11.1 Å². The van der Waals surface area contributed by atoms with E-state index in [1.165, 1.54) is 18.2 Å². The Morgan fingerprint density at radius 1 is 1.05 bits per heavy atom. The van der Waals surface area contributed by atoms with Crippen LogP contribution in [0.25, 0.3) is 0 Å². The van der Waals surface area contributed by atoms with Crippen LogP contribution in [0.1, 0.15) is 24.1 Å². The average Bonchev–Trinajstić information content (AvgIpc) is 2.40. The zero-order chi connectivity index (χ0) is 14.7. The van der Waals surface area contributed by atoms with Gasteiger partial charge in [0.25, 0.3) is 0 Å². The number of benzene rings is 2. The summed E-state index contributed by atoms with van der Waals surface area (Å²) in [6.45, 7) is 2.36. The number of nitrogens with one attached hydrogen (secondary N) is 1. The van der Waals surface area contributed by atoms with Gasteiger partial charge in [-0.15, -0.1) is 0 Å². The highest BCUT2D eigenvalue weighted by atomic mass is 35.5. The fourth-order valence-electron chi connectivity index (χ4n) is 2.07. The molecule has 1 nitrogen and oxygen atoms in total. The van der Waals surface area contributed by atoms with Gasteiger partial charge in [0.2, 0.25) is 0 Å². The van der Waals surface area contributed by atoms with Crippen LogP contribution >= 0.6 is 11.6 Å². The van der Waals surface area contributed by atoms with Crippen LogP contribution in [0.5, 0.6) is 0 Å². The Morgan fingerprint density at radius 3 is 2.45 bits per heavy atom. The van der Waals surface area contributed by atoms with Gasteiger partial charge in [-0.3, -0.25) is 0 Å². The van der Waals surface area contributed by atoms with E-state index in [-0.39, 0.29) is 10.6 Å². The highest BCUT2D eigenvalue weighted by molar-refractivity contribution is 6.31. The Labute approximate surface area is 120 Å². The topological polar surface area (TPSA) is 12.0 Å². The molecular formula is C15H13ClF3N. The molecule has 106 valence electrons. The molecular weight excluding hydrogens is 287 g/mol. The third kappa shape index (κ3) is 2.97. The molecule has 2 rings (SSSR count). The predicted molar refractivity (Wildman–Crippen MR) is 73.3 cm³/mol. The lowest BCUT2D eigenvalue weighted by molar-refractivity contribution is 0.538. The first-order valence-electron chi connectivity index (χ1n) is 6.16. The van der Waals surface area contributed by atoms with Gasteiger partial charge < -0.3 is 5.32 Å². The molecule has 0 spiro atoms. The van der Waals surface area contributed by atoms with Crippen molar-refractivity contribution in [1.82, 2.24) is 5.32 Å². The number of rotatable bonds is 4. The lowest BCUT2D eigenvalue weighted by Crippen LogP contribution is -2.23. The van der Waals surface area contributed by atoms with E-state index < -0.39 is 23.5 Å². The van der Waals surface area contributed by atoms with E-state index in [0.717, 1.165) is 12.1 Å². The van der Waals surface area contributed by atoms with Gasteiger partial charge in [0, 0.05) is 11.6 Å². The van der Waals surface area contributed by atoms with Crippen LogP contribution in [0.3, 0.4) is 0 Å². The van der Waals surface area contributed by atoms with Crippen molar-refractivity contribution in [3.05, 3.63) is 70.0 Å². The normalized spacial score (nSPS) is 12.4. The van der Waals surface area contributed by atoms with Crippen molar-refractivity contribution in [2.75, 3.05) is 6.54 Å². The molecule has 0 amide bonds. The van der Waals surface area contributed by atoms with Gasteiger partial charge in [0.15, 0.2) is 0 Å². The summed E-state index contributed by atoms with van der Waals surface area (Å²) in [5, 5.41) is 2.96. The Kier molecular flexibility index (Phi) is 4.68. The number of hydrogen-bond donors (Lipinski definition) is 1. The maximum atomic E-state index is 13.9. The van der Waals surface area contributed by atoms with E-state index in [1.807, 2.05) is 6.92 Å². The Morgan fingerprint density at radius 2 is 1.80 bits per heavy atom. The zero-order valence-corrected chi connectivity index (χ0v) is 11.5. The summed E-state index contributed by atoms with van der Waals surface area (Å²) in [5.41, 5.74) is 0.639. The van der Waals surface area contributed by atoms with Crippen LogP contribution in [-0.4, -0.2) is 6.54 Å².